The molecule has 0 aliphatic rings. The number of halogens is 1. The van der Waals surface area contributed by atoms with Gasteiger partial charge in [-0.2, -0.15) is 0 Å². The minimum Gasteiger partial charge on any atom is -0.369 e. The molecule has 0 unspecified atom stereocenters. The van der Waals surface area contributed by atoms with Crippen molar-refractivity contribution in [3.05, 3.63) is 34.9 Å². The van der Waals surface area contributed by atoms with E-state index in [1.807, 2.05) is 31.2 Å². The van der Waals surface area contributed by atoms with E-state index >= 15 is 0 Å². The standard InChI is InChI=1S/C9H13ClN4/c1-6(13-9(11)14-12)7-3-2-4-8(10)5-7/h2-6H,12H2,1H3,(H3,11,13,14)/t6-/m1/s1. The van der Waals surface area contributed by atoms with Gasteiger partial charge in [-0.25, -0.2) is 10.8 Å². The van der Waals surface area contributed by atoms with Gasteiger partial charge in [-0.3, -0.25) is 5.43 Å². The Labute approximate surface area is 87.9 Å². The molecule has 1 aromatic carbocycles. The van der Waals surface area contributed by atoms with Gasteiger partial charge in [0.1, 0.15) is 0 Å². The molecule has 1 atom stereocenters. The first kappa shape index (κ1) is 10.8. The van der Waals surface area contributed by atoms with Crippen molar-refractivity contribution in [3.8, 4) is 0 Å². The van der Waals surface area contributed by atoms with Crippen LogP contribution in [0.2, 0.25) is 5.02 Å². The Balaban J connectivity index is 2.84. The SMILES string of the molecule is C[C@@H](N=C(N)NN)c1cccc(Cl)c1. The topological polar surface area (TPSA) is 76.4 Å². The molecule has 5 heteroatoms. The molecule has 0 saturated carbocycles. The van der Waals surface area contributed by atoms with Crippen molar-refractivity contribution < 1.29 is 0 Å². The predicted octanol–water partition coefficient (Wildman–Crippen LogP) is 1.18. The summed E-state index contributed by atoms with van der Waals surface area (Å²) in [5.74, 6) is 5.30. The summed E-state index contributed by atoms with van der Waals surface area (Å²) in [6.07, 6.45) is 0. The van der Waals surface area contributed by atoms with Gasteiger partial charge in [-0.05, 0) is 24.6 Å². The third kappa shape index (κ3) is 2.90. The molecule has 0 amide bonds. The van der Waals surface area contributed by atoms with Gasteiger partial charge in [0.05, 0.1) is 6.04 Å². The molecular weight excluding hydrogens is 200 g/mol. The normalized spacial score (nSPS) is 13.8. The van der Waals surface area contributed by atoms with Crippen LogP contribution in [0.5, 0.6) is 0 Å². The molecule has 76 valence electrons. The van der Waals surface area contributed by atoms with E-state index in [2.05, 4.69) is 10.4 Å². The molecular formula is C9H13ClN4. The molecule has 14 heavy (non-hydrogen) atoms. The van der Waals surface area contributed by atoms with Crippen LogP contribution in [-0.2, 0) is 0 Å². The molecule has 0 radical (unpaired) electrons. The van der Waals surface area contributed by atoms with Crippen LogP contribution in [-0.4, -0.2) is 5.96 Å². The molecule has 0 saturated heterocycles. The number of hydrogen-bond donors (Lipinski definition) is 3. The van der Waals surface area contributed by atoms with E-state index in [-0.39, 0.29) is 12.0 Å². The van der Waals surface area contributed by atoms with Crippen LogP contribution < -0.4 is 17.0 Å². The lowest BCUT2D eigenvalue weighted by atomic mass is 10.1. The first-order valence-corrected chi connectivity index (χ1v) is 4.56. The highest BCUT2D eigenvalue weighted by atomic mass is 35.5. The first-order valence-electron chi connectivity index (χ1n) is 4.19. The summed E-state index contributed by atoms with van der Waals surface area (Å²) in [7, 11) is 0. The molecule has 0 fully saturated rings. The molecule has 4 nitrogen and oxygen atoms in total. The van der Waals surface area contributed by atoms with Crippen molar-refractivity contribution in [1.82, 2.24) is 5.43 Å². The highest BCUT2D eigenvalue weighted by Crippen LogP contribution is 2.19. The van der Waals surface area contributed by atoms with E-state index in [4.69, 9.17) is 23.2 Å². The van der Waals surface area contributed by atoms with E-state index < -0.39 is 0 Å². The second-order valence-electron chi connectivity index (χ2n) is 2.89. The molecule has 0 heterocycles. The molecule has 1 aromatic rings. The summed E-state index contributed by atoms with van der Waals surface area (Å²) >= 11 is 5.84. The number of rotatable bonds is 2. The number of aliphatic imine (C=N–C) groups is 1. The summed E-state index contributed by atoms with van der Waals surface area (Å²) in [6, 6.07) is 7.40. The van der Waals surface area contributed by atoms with E-state index in [0.29, 0.717) is 5.02 Å². The van der Waals surface area contributed by atoms with Crippen LogP contribution in [0, 0.1) is 0 Å². The Kier molecular flexibility index (Phi) is 3.73. The molecule has 5 N–H and O–H groups in total. The Morgan fingerprint density at radius 3 is 2.86 bits per heavy atom. The summed E-state index contributed by atoms with van der Waals surface area (Å²) in [5.41, 5.74) is 8.70. The van der Waals surface area contributed by atoms with Crippen molar-refractivity contribution in [2.75, 3.05) is 0 Å². The second-order valence-corrected chi connectivity index (χ2v) is 3.33. The number of benzene rings is 1. The maximum atomic E-state index is 5.84. The summed E-state index contributed by atoms with van der Waals surface area (Å²) in [4.78, 5) is 4.11. The third-order valence-corrected chi connectivity index (χ3v) is 2.05. The number of hydrogen-bond acceptors (Lipinski definition) is 2. The van der Waals surface area contributed by atoms with Gasteiger partial charge >= 0.3 is 0 Å². The third-order valence-electron chi connectivity index (χ3n) is 1.81. The molecule has 0 aromatic heterocycles. The average Bonchev–Trinajstić information content (AvgIpc) is 2.17. The zero-order valence-corrected chi connectivity index (χ0v) is 8.62. The molecule has 1 rings (SSSR count). The smallest absolute Gasteiger partial charge is 0.203 e. The maximum Gasteiger partial charge on any atom is 0.203 e. The average molecular weight is 213 g/mol. The molecule has 0 spiro atoms. The van der Waals surface area contributed by atoms with E-state index in [1.165, 1.54) is 0 Å². The highest BCUT2D eigenvalue weighted by molar-refractivity contribution is 6.30. The fourth-order valence-corrected chi connectivity index (χ4v) is 1.29. The van der Waals surface area contributed by atoms with Crippen molar-refractivity contribution in [2.45, 2.75) is 13.0 Å². The number of nitrogens with zero attached hydrogens (tertiary/aromatic N) is 1. The summed E-state index contributed by atoms with van der Waals surface area (Å²) in [5, 5.41) is 0.684. The van der Waals surface area contributed by atoms with Crippen molar-refractivity contribution in [1.29, 1.82) is 0 Å². The Morgan fingerprint density at radius 2 is 2.29 bits per heavy atom. The van der Waals surface area contributed by atoms with Gasteiger partial charge in [0.15, 0.2) is 0 Å². The van der Waals surface area contributed by atoms with Gasteiger partial charge in [-0.1, -0.05) is 23.7 Å². The lowest BCUT2D eigenvalue weighted by Gasteiger charge is -2.08. The van der Waals surface area contributed by atoms with Crippen LogP contribution in [0.1, 0.15) is 18.5 Å². The number of nitrogens with two attached hydrogens (primary N) is 2. The predicted molar refractivity (Wildman–Crippen MR) is 58.8 cm³/mol. The lowest BCUT2D eigenvalue weighted by Crippen LogP contribution is -2.37. The number of hydrazine groups is 1. The fraction of sp³-hybridized carbons (Fsp3) is 0.222. The van der Waals surface area contributed by atoms with E-state index in [0.717, 1.165) is 5.56 Å². The van der Waals surface area contributed by atoms with E-state index in [1.54, 1.807) is 0 Å². The largest absolute Gasteiger partial charge is 0.369 e. The molecule has 0 aliphatic carbocycles. The summed E-state index contributed by atoms with van der Waals surface area (Å²) in [6.45, 7) is 1.91. The Morgan fingerprint density at radius 1 is 1.57 bits per heavy atom. The van der Waals surface area contributed by atoms with Gasteiger partial charge < -0.3 is 5.73 Å². The minimum absolute atomic E-state index is 0.0650. The first-order chi connectivity index (χ1) is 6.63. The number of guanidine groups is 1. The van der Waals surface area contributed by atoms with E-state index in [9.17, 15) is 0 Å². The quantitative estimate of drug-likeness (QED) is 0.298. The minimum atomic E-state index is -0.0650. The molecule has 0 bridgehead atoms. The van der Waals surface area contributed by atoms with Crippen molar-refractivity contribution >= 4 is 17.6 Å². The van der Waals surface area contributed by atoms with Gasteiger partial charge in [0.2, 0.25) is 5.96 Å². The number of nitrogens with one attached hydrogen (secondary N) is 1. The zero-order chi connectivity index (χ0) is 10.6. The fourth-order valence-electron chi connectivity index (χ4n) is 1.09. The highest BCUT2D eigenvalue weighted by Gasteiger charge is 2.03. The van der Waals surface area contributed by atoms with Gasteiger partial charge in [0, 0.05) is 5.02 Å². The van der Waals surface area contributed by atoms with Crippen LogP contribution in [0.15, 0.2) is 29.3 Å². The Bertz CT molecular complexity index is 337. The maximum absolute atomic E-state index is 5.84. The van der Waals surface area contributed by atoms with Crippen LogP contribution >= 0.6 is 11.6 Å². The van der Waals surface area contributed by atoms with Crippen LogP contribution in [0.3, 0.4) is 0 Å². The second kappa shape index (κ2) is 4.83. The van der Waals surface area contributed by atoms with Crippen molar-refractivity contribution in [3.63, 3.8) is 0 Å². The summed E-state index contributed by atoms with van der Waals surface area (Å²) < 4.78 is 0. The molecule has 0 aliphatic heterocycles. The van der Waals surface area contributed by atoms with Gasteiger partial charge in [0.25, 0.3) is 0 Å². The van der Waals surface area contributed by atoms with Crippen LogP contribution in [0.4, 0.5) is 0 Å². The van der Waals surface area contributed by atoms with Crippen molar-refractivity contribution in [2.24, 2.45) is 16.6 Å². The van der Waals surface area contributed by atoms with Crippen LogP contribution in [0.25, 0.3) is 0 Å². The zero-order valence-electron chi connectivity index (χ0n) is 7.87. The lowest BCUT2D eigenvalue weighted by molar-refractivity contribution is 0.801. The van der Waals surface area contributed by atoms with Gasteiger partial charge in [-0.15, -0.1) is 0 Å². The monoisotopic (exact) mass is 212 g/mol. The Hall–Kier alpha value is -1.26.